The Morgan fingerprint density at radius 3 is 2.59 bits per heavy atom. The molecule has 1 fully saturated rings. The molecule has 0 spiro atoms. The topological polar surface area (TPSA) is 57.2 Å². The Kier molecular flexibility index (Phi) is 5.55. The maximum absolute atomic E-state index is 13.1. The average Bonchev–Trinajstić information content (AvgIpc) is 2.68. The molecular weight excluding hydrogens is 482 g/mol. The lowest BCUT2D eigenvalue weighted by Crippen LogP contribution is -2.43. The number of anilines is 2. The number of aromatic nitrogens is 3. The molecule has 3 heterocycles. The maximum Gasteiger partial charge on any atom is 0.228 e. The maximum atomic E-state index is 13.1. The van der Waals surface area contributed by atoms with Gasteiger partial charge >= 0.3 is 0 Å². The van der Waals surface area contributed by atoms with Crippen LogP contribution in [0.2, 0.25) is 5.15 Å². The Morgan fingerprint density at radius 2 is 1.85 bits per heavy atom. The van der Waals surface area contributed by atoms with Gasteiger partial charge in [-0.05, 0) is 23.8 Å². The molecule has 0 bridgehead atoms. The number of nitrogens with one attached hydrogen (secondary N) is 1. The fourth-order valence-corrected chi connectivity index (χ4v) is 3.53. The minimum absolute atomic E-state index is 0.249. The molecule has 9 heteroatoms. The van der Waals surface area contributed by atoms with Crippen molar-refractivity contribution in [1.29, 1.82) is 0 Å². The molecular formula is C18H17ClFIN6. The molecule has 4 rings (SSSR count). The minimum Gasteiger partial charge on any atom is -0.365 e. The highest BCUT2D eigenvalue weighted by molar-refractivity contribution is 14.1. The summed E-state index contributed by atoms with van der Waals surface area (Å²) in [5, 5.41) is 4.54. The standard InChI is InChI=1S/C18H17ClFIN6/c19-16-9-14-15(11-22-16)24-18(26-5-7-27(21)8-6-26)25-17(14)23-10-12-1-3-13(20)4-2-12/h1-4,9,11H,5-8,10H2,(H,23,24,25). The predicted molar refractivity (Wildman–Crippen MR) is 114 cm³/mol. The molecule has 3 aromatic rings. The molecule has 2 aromatic heterocycles. The molecule has 27 heavy (non-hydrogen) atoms. The van der Waals surface area contributed by atoms with Gasteiger partial charge in [0.05, 0.1) is 11.7 Å². The number of benzene rings is 1. The van der Waals surface area contributed by atoms with Crippen LogP contribution in [0.15, 0.2) is 36.5 Å². The van der Waals surface area contributed by atoms with Crippen molar-refractivity contribution in [2.24, 2.45) is 0 Å². The zero-order valence-electron chi connectivity index (χ0n) is 14.4. The molecule has 1 N–H and O–H groups in total. The van der Waals surface area contributed by atoms with Crippen LogP contribution in [0.25, 0.3) is 10.9 Å². The van der Waals surface area contributed by atoms with Gasteiger partial charge in [-0.15, -0.1) is 0 Å². The van der Waals surface area contributed by atoms with Gasteiger partial charge in [0.1, 0.15) is 16.8 Å². The largest absolute Gasteiger partial charge is 0.365 e. The smallest absolute Gasteiger partial charge is 0.228 e. The molecule has 1 aromatic carbocycles. The van der Waals surface area contributed by atoms with E-state index >= 15 is 0 Å². The van der Waals surface area contributed by atoms with Gasteiger partial charge < -0.3 is 10.2 Å². The Morgan fingerprint density at radius 1 is 1.11 bits per heavy atom. The quantitative estimate of drug-likeness (QED) is 0.335. The fraction of sp³-hybridized carbons (Fsp3) is 0.278. The highest BCUT2D eigenvalue weighted by Gasteiger charge is 2.19. The summed E-state index contributed by atoms with van der Waals surface area (Å²) >= 11 is 8.41. The summed E-state index contributed by atoms with van der Waals surface area (Å²) in [4.78, 5) is 15.7. The van der Waals surface area contributed by atoms with E-state index in [1.165, 1.54) is 12.1 Å². The second-order valence-corrected chi connectivity index (χ2v) is 8.03. The van der Waals surface area contributed by atoms with Crippen LogP contribution in [0, 0.1) is 5.82 Å². The number of piperazine rings is 1. The van der Waals surface area contributed by atoms with Crippen molar-refractivity contribution >= 4 is 57.1 Å². The van der Waals surface area contributed by atoms with E-state index in [1.54, 1.807) is 24.4 Å². The Bertz CT molecular complexity index is 946. The van der Waals surface area contributed by atoms with Gasteiger partial charge in [0.25, 0.3) is 0 Å². The first-order chi connectivity index (χ1) is 13.1. The highest BCUT2D eigenvalue weighted by atomic mass is 127. The van der Waals surface area contributed by atoms with Crippen LogP contribution >= 0.6 is 34.5 Å². The summed E-state index contributed by atoms with van der Waals surface area (Å²) in [7, 11) is 0. The number of pyridine rings is 1. The Labute approximate surface area is 175 Å². The monoisotopic (exact) mass is 498 g/mol. The van der Waals surface area contributed by atoms with Crippen LogP contribution < -0.4 is 10.2 Å². The van der Waals surface area contributed by atoms with Crippen LogP contribution in [0.4, 0.5) is 16.2 Å². The van der Waals surface area contributed by atoms with Crippen molar-refractivity contribution in [3.63, 3.8) is 0 Å². The minimum atomic E-state index is -0.249. The number of fused-ring (bicyclic) bond motifs is 1. The van der Waals surface area contributed by atoms with E-state index in [0.29, 0.717) is 23.5 Å². The Balaban J connectivity index is 1.65. The van der Waals surface area contributed by atoms with Crippen molar-refractivity contribution in [3.05, 3.63) is 53.1 Å². The van der Waals surface area contributed by atoms with Crippen molar-refractivity contribution in [3.8, 4) is 0 Å². The van der Waals surface area contributed by atoms with Crippen LogP contribution in [-0.2, 0) is 6.54 Å². The summed E-state index contributed by atoms with van der Waals surface area (Å²) in [5.41, 5.74) is 1.70. The van der Waals surface area contributed by atoms with Crippen molar-refractivity contribution in [2.45, 2.75) is 6.54 Å². The molecule has 140 valence electrons. The molecule has 6 nitrogen and oxygen atoms in total. The van der Waals surface area contributed by atoms with Crippen LogP contribution in [0.1, 0.15) is 5.56 Å². The van der Waals surface area contributed by atoms with E-state index in [9.17, 15) is 4.39 Å². The molecule has 1 aliphatic rings. The van der Waals surface area contributed by atoms with E-state index in [1.807, 2.05) is 0 Å². The molecule has 0 amide bonds. The first kappa shape index (κ1) is 18.6. The van der Waals surface area contributed by atoms with E-state index in [0.717, 1.165) is 42.6 Å². The third-order valence-electron chi connectivity index (χ3n) is 4.42. The number of nitrogens with zero attached hydrogens (tertiary/aromatic N) is 5. The summed E-state index contributed by atoms with van der Waals surface area (Å²) < 4.78 is 15.4. The first-order valence-corrected chi connectivity index (χ1v) is 9.90. The number of halogens is 3. The second kappa shape index (κ2) is 8.07. The predicted octanol–water partition coefficient (Wildman–Crippen LogP) is 3.90. The lowest BCUT2D eigenvalue weighted by atomic mass is 10.2. The highest BCUT2D eigenvalue weighted by Crippen LogP contribution is 2.26. The first-order valence-electron chi connectivity index (χ1n) is 8.56. The van der Waals surface area contributed by atoms with Crippen molar-refractivity contribution < 1.29 is 4.39 Å². The van der Waals surface area contributed by atoms with Gasteiger partial charge in [-0.1, -0.05) is 23.7 Å². The zero-order chi connectivity index (χ0) is 18.8. The van der Waals surface area contributed by atoms with Gasteiger partial charge in [0.2, 0.25) is 5.95 Å². The molecule has 0 atom stereocenters. The molecule has 0 aliphatic carbocycles. The molecule has 1 aliphatic heterocycles. The second-order valence-electron chi connectivity index (χ2n) is 6.27. The van der Waals surface area contributed by atoms with Crippen molar-refractivity contribution in [2.75, 3.05) is 36.4 Å². The normalized spacial score (nSPS) is 15.3. The third-order valence-corrected chi connectivity index (χ3v) is 5.59. The van der Waals surface area contributed by atoms with Gasteiger partial charge in [0, 0.05) is 61.0 Å². The molecule has 1 saturated heterocycles. The summed E-state index contributed by atoms with van der Waals surface area (Å²) in [6.45, 7) is 4.17. The number of hydrogen-bond donors (Lipinski definition) is 1. The molecule has 0 radical (unpaired) electrons. The number of rotatable bonds is 4. The summed E-state index contributed by atoms with van der Waals surface area (Å²) in [5.74, 6) is 1.12. The summed E-state index contributed by atoms with van der Waals surface area (Å²) in [6, 6.07) is 8.16. The van der Waals surface area contributed by atoms with E-state index < -0.39 is 0 Å². The summed E-state index contributed by atoms with van der Waals surface area (Å²) in [6.07, 6.45) is 1.67. The number of hydrogen-bond acceptors (Lipinski definition) is 6. The molecule has 0 unspecified atom stereocenters. The zero-order valence-corrected chi connectivity index (χ0v) is 17.3. The van der Waals surface area contributed by atoms with Gasteiger partial charge in [0.15, 0.2) is 0 Å². The van der Waals surface area contributed by atoms with Crippen LogP contribution in [-0.4, -0.2) is 44.2 Å². The van der Waals surface area contributed by atoms with Crippen LogP contribution in [0.5, 0.6) is 0 Å². The SMILES string of the molecule is Fc1ccc(CNc2nc(N3CCN(I)CC3)nc3cnc(Cl)cc23)cc1. The van der Waals surface area contributed by atoms with E-state index in [4.69, 9.17) is 16.6 Å². The average molecular weight is 499 g/mol. The van der Waals surface area contributed by atoms with Gasteiger partial charge in [-0.3, -0.25) is 0 Å². The lowest BCUT2D eigenvalue weighted by molar-refractivity contribution is 0.456. The lowest BCUT2D eigenvalue weighted by Gasteiger charge is -2.31. The Hall–Kier alpha value is -1.78. The fourth-order valence-electron chi connectivity index (χ4n) is 2.94. The van der Waals surface area contributed by atoms with Gasteiger partial charge in [-0.2, -0.15) is 4.98 Å². The van der Waals surface area contributed by atoms with Gasteiger partial charge in [-0.25, -0.2) is 17.5 Å². The van der Waals surface area contributed by atoms with Crippen LogP contribution in [0.3, 0.4) is 0 Å². The van der Waals surface area contributed by atoms with Crippen molar-refractivity contribution in [1.82, 2.24) is 18.1 Å². The third kappa shape index (κ3) is 4.39. The molecule has 0 saturated carbocycles. The van der Waals surface area contributed by atoms with E-state index in [-0.39, 0.29) is 5.82 Å². The van der Waals surface area contributed by atoms with E-state index in [2.05, 4.69) is 46.2 Å².